The Hall–Kier alpha value is -0.270. The maximum absolute atomic E-state index is 5.53. The van der Waals surface area contributed by atoms with Crippen molar-refractivity contribution in [3.63, 3.8) is 0 Å². The maximum atomic E-state index is 5.53. The smallest absolute Gasteiger partial charge is 0.275 e. The molecule has 3 aliphatic heterocycles. The van der Waals surface area contributed by atoms with Crippen molar-refractivity contribution in [1.29, 1.82) is 0 Å². The van der Waals surface area contributed by atoms with Gasteiger partial charge in [-0.15, -0.1) is 0 Å². The van der Waals surface area contributed by atoms with E-state index < -0.39 is 0 Å². The second-order valence-electron chi connectivity index (χ2n) is 4.20. The highest BCUT2D eigenvalue weighted by Gasteiger charge is 2.51. The Kier molecular flexibility index (Phi) is 2.87. The summed E-state index contributed by atoms with van der Waals surface area (Å²) in [6, 6.07) is 0. The lowest BCUT2D eigenvalue weighted by molar-refractivity contribution is -0.311. The molecule has 1 fully saturated rings. The predicted octanol–water partition coefficient (Wildman–Crippen LogP) is 1.18. The lowest BCUT2D eigenvalue weighted by Gasteiger charge is -2.29. The third-order valence-corrected chi connectivity index (χ3v) is 7.10. The molecule has 0 bridgehead atoms. The summed E-state index contributed by atoms with van der Waals surface area (Å²) in [6.45, 7) is 4.43. The second kappa shape index (κ2) is 4.13. The number of amidine groups is 1. The first-order valence-corrected chi connectivity index (χ1v) is 8.37. The molecule has 0 saturated carbocycles. The monoisotopic (exact) mass is 289 g/mol. The molecule has 0 spiro atoms. The summed E-state index contributed by atoms with van der Waals surface area (Å²) < 4.78 is 4.63. The fourth-order valence-electron chi connectivity index (χ4n) is 2.49. The molecule has 4 nitrogen and oxygen atoms in total. The first-order chi connectivity index (χ1) is 8.16. The van der Waals surface area contributed by atoms with Crippen molar-refractivity contribution in [2.45, 2.75) is 13.3 Å². The van der Waals surface area contributed by atoms with Crippen molar-refractivity contribution in [3.8, 4) is 0 Å². The van der Waals surface area contributed by atoms with Gasteiger partial charge in [0, 0.05) is 25.8 Å². The van der Waals surface area contributed by atoms with Gasteiger partial charge in [0.05, 0.1) is 13.6 Å². The number of rotatable bonds is 1. The summed E-state index contributed by atoms with van der Waals surface area (Å²) in [5, 5.41) is 3.78. The van der Waals surface area contributed by atoms with Crippen LogP contribution in [0.2, 0.25) is 0 Å². The Morgan fingerprint density at radius 2 is 2.12 bits per heavy atom. The lowest BCUT2D eigenvalue weighted by atomic mass is 10.3. The predicted molar refractivity (Wildman–Crippen MR) is 80.3 cm³/mol. The first kappa shape index (κ1) is 11.8. The maximum Gasteiger partial charge on any atom is 0.327 e. The van der Waals surface area contributed by atoms with Gasteiger partial charge in [-0.25, -0.2) is 0 Å². The highest BCUT2D eigenvalue weighted by atomic mass is 32.2. The minimum absolute atomic E-state index is 0.00826. The van der Waals surface area contributed by atoms with Crippen LogP contribution in [0, 0.1) is 0 Å². The summed E-state index contributed by atoms with van der Waals surface area (Å²) in [4.78, 5) is 4.79. The fourth-order valence-corrected chi connectivity index (χ4v) is 6.24. The Bertz CT molecular complexity index is 456. The van der Waals surface area contributed by atoms with Gasteiger partial charge in [0.1, 0.15) is 0 Å². The van der Waals surface area contributed by atoms with Crippen molar-refractivity contribution in [2.24, 2.45) is 0 Å². The number of thiocarbonyl (C=S) groups is 1. The van der Waals surface area contributed by atoms with E-state index in [4.69, 9.17) is 12.2 Å². The normalized spacial score (nSPS) is 27.5. The second-order valence-corrected chi connectivity index (χ2v) is 7.78. The quantitative estimate of drug-likeness (QED) is 0.529. The van der Waals surface area contributed by atoms with Crippen molar-refractivity contribution < 1.29 is 3.98 Å². The van der Waals surface area contributed by atoms with Crippen molar-refractivity contribution in [1.82, 2.24) is 14.1 Å². The highest BCUT2D eigenvalue weighted by Crippen LogP contribution is 2.40. The van der Waals surface area contributed by atoms with Gasteiger partial charge in [-0.2, -0.15) is 8.88 Å². The van der Waals surface area contributed by atoms with Crippen LogP contribution in [0.15, 0.2) is 0 Å². The van der Waals surface area contributed by atoms with E-state index in [0.29, 0.717) is 0 Å². The van der Waals surface area contributed by atoms with Crippen LogP contribution in [-0.4, -0.2) is 66.4 Å². The van der Waals surface area contributed by atoms with Gasteiger partial charge in [0.2, 0.25) is 0 Å². The Balaban J connectivity index is 2.07. The van der Waals surface area contributed by atoms with E-state index in [9.17, 15) is 0 Å². The van der Waals surface area contributed by atoms with E-state index in [1.165, 1.54) is 16.7 Å². The molecule has 7 heteroatoms. The molecule has 1 unspecified atom stereocenters. The van der Waals surface area contributed by atoms with Crippen LogP contribution in [-0.2, 0) is 0 Å². The van der Waals surface area contributed by atoms with Gasteiger partial charge in [0.25, 0.3) is 5.11 Å². The lowest BCUT2D eigenvalue weighted by Crippen LogP contribution is -2.51. The Labute approximate surface area is 114 Å². The molecule has 3 aliphatic rings. The van der Waals surface area contributed by atoms with E-state index in [2.05, 4.69) is 39.1 Å². The SMILES string of the molecule is CCSC1=[N+](C)S2=C3N(CCCN13)C(=S)N2C. The van der Waals surface area contributed by atoms with Gasteiger partial charge >= 0.3 is 5.17 Å². The van der Waals surface area contributed by atoms with Crippen LogP contribution in [0.3, 0.4) is 0 Å². The molecule has 0 N–H and O–H groups in total. The van der Waals surface area contributed by atoms with Crippen LogP contribution in [0.1, 0.15) is 13.3 Å². The van der Waals surface area contributed by atoms with Crippen LogP contribution in [0.4, 0.5) is 0 Å². The van der Waals surface area contributed by atoms with Crippen LogP contribution < -0.4 is 0 Å². The van der Waals surface area contributed by atoms with Crippen LogP contribution in [0.25, 0.3) is 0 Å². The fraction of sp³-hybridized carbons (Fsp3) is 0.700. The summed E-state index contributed by atoms with van der Waals surface area (Å²) in [5.74, 6) is 1.12. The average molecular weight is 289 g/mol. The number of nitrogens with zero attached hydrogens (tertiary/aromatic N) is 4. The zero-order valence-electron chi connectivity index (χ0n) is 10.3. The van der Waals surface area contributed by atoms with Gasteiger partial charge in [-0.1, -0.05) is 6.92 Å². The molecule has 0 aromatic heterocycles. The van der Waals surface area contributed by atoms with E-state index in [1.54, 1.807) is 0 Å². The van der Waals surface area contributed by atoms with Crippen molar-refractivity contribution >= 4 is 50.2 Å². The highest BCUT2D eigenvalue weighted by molar-refractivity contribution is 8.16. The Morgan fingerprint density at radius 3 is 2.82 bits per heavy atom. The standard InChI is InChI=1S/C10H17N4S3/c1-4-16-9-12(3)17-10-13(8(15)11(17)2)6-5-7-14(9)10/h4-7H2,1-3H3/q+1. The van der Waals surface area contributed by atoms with E-state index in [-0.39, 0.29) is 10.9 Å². The summed E-state index contributed by atoms with van der Waals surface area (Å²) in [6.07, 6.45) is 1.19. The Morgan fingerprint density at radius 1 is 1.41 bits per heavy atom. The number of hydrogen-bond acceptors (Lipinski definition) is 3. The summed E-state index contributed by atoms with van der Waals surface area (Å²) >= 11 is 7.46. The molecular weight excluding hydrogens is 272 g/mol. The molecule has 0 radical (unpaired) electrons. The molecule has 3 heterocycles. The zero-order chi connectivity index (χ0) is 12.2. The zero-order valence-corrected chi connectivity index (χ0v) is 12.8. The number of hydrogen-bond donors (Lipinski definition) is 0. The molecule has 94 valence electrons. The molecule has 0 aliphatic carbocycles. The number of thioether (sulfide) groups is 1. The third kappa shape index (κ3) is 1.48. The van der Waals surface area contributed by atoms with E-state index in [1.807, 2.05) is 11.8 Å². The van der Waals surface area contributed by atoms with Gasteiger partial charge < -0.3 is 0 Å². The third-order valence-electron chi connectivity index (χ3n) is 3.18. The summed E-state index contributed by atoms with van der Waals surface area (Å²) in [5.41, 5.74) is 0. The summed E-state index contributed by atoms with van der Waals surface area (Å²) in [7, 11) is 4.31. The van der Waals surface area contributed by atoms with Crippen molar-refractivity contribution in [3.05, 3.63) is 0 Å². The van der Waals surface area contributed by atoms with E-state index >= 15 is 0 Å². The van der Waals surface area contributed by atoms with Gasteiger partial charge in [0.15, 0.2) is 16.0 Å². The van der Waals surface area contributed by atoms with Crippen molar-refractivity contribution in [2.75, 3.05) is 32.9 Å². The topological polar surface area (TPSA) is 12.7 Å². The molecule has 17 heavy (non-hydrogen) atoms. The molecule has 0 aromatic rings. The van der Waals surface area contributed by atoms with Gasteiger partial charge in [-0.05, 0) is 24.0 Å². The minimum atomic E-state index is 0.00826. The molecule has 1 atom stereocenters. The molecular formula is C10H17N4S3+. The molecule has 3 rings (SSSR count). The first-order valence-electron chi connectivity index (χ1n) is 5.84. The molecule has 0 amide bonds. The van der Waals surface area contributed by atoms with E-state index in [0.717, 1.165) is 24.0 Å². The molecule has 0 aromatic carbocycles. The van der Waals surface area contributed by atoms with Gasteiger partial charge in [-0.3, -0.25) is 9.21 Å². The molecule has 1 saturated heterocycles. The van der Waals surface area contributed by atoms with Crippen LogP contribution in [0.5, 0.6) is 0 Å². The van der Waals surface area contributed by atoms with Crippen LogP contribution >= 0.6 is 34.8 Å². The average Bonchev–Trinajstić information content (AvgIpc) is 2.75. The largest absolute Gasteiger partial charge is 0.327 e. The minimum Gasteiger partial charge on any atom is -0.275 e.